The second-order valence-electron chi connectivity index (χ2n) is 1.76. The first-order valence-corrected chi connectivity index (χ1v) is 2.56. The third-order valence-electron chi connectivity index (χ3n) is 1.06. The van der Waals surface area contributed by atoms with Crippen molar-refractivity contribution < 1.29 is 9.90 Å². The Labute approximate surface area is 48.5 Å². The van der Waals surface area contributed by atoms with Crippen molar-refractivity contribution >= 4 is 5.78 Å². The molecule has 0 bridgehead atoms. The molecule has 0 amide bonds. The number of hydrogen-bond acceptors (Lipinski definition) is 3. The van der Waals surface area contributed by atoms with Crippen LogP contribution in [0.25, 0.3) is 0 Å². The van der Waals surface area contributed by atoms with Gasteiger partial charge in [-0.3, -0.25) is 4.79 Å². The van der Waals surface area contributed by atoms with E-state index >= 15 is 0 Å². The van der Waals surface area contributed by atoms with Gasteiger partial charge in [-0.2, -0.15) is 0 Å². The normalized spacial score (nSPS) is 13.4. The highest BCUT2D eigenvalue weighted by Gasteiger charge is 2.07. The number of carbonyl (C=O) groups is 1. The second kappa shape index (κ2) is 3.57. The third-order valence-corrected chi connectivity index (χ3v) is 1.06. The van der Waals surface area contributed by atoms with Gasteiger partial charge in [0.05, 0.1) is 0 Å². The molecule has 0 rings (SSSR count). The Morgan fingerprint density at radius 1 is 1.88 bits per heavy atom. The Morgan fingerprint density at radius 3 is 2.50 bits per heavy atom. The highest BCUT2D eigenvalue weighted by Crippen LogP contribution is 1.90. The SMILES string of the molecule is CC(CN)C(=O)CO. The molecule has 0 aromatic rings. The quantitative estimate of drug-likeness (QED) is 0.505. The summed E-state index contributed by atoms with van der Waals surface area (Å²) >= 11 is 0. The number of carbonyl (C=O) groups excluding carboxylic acids is 1. The van der Waals surface area contributed by atoms with Crippen LogP contribution in [0.15, 0.2) is 0 Å². The van der Waals surface area contributed by atoms with Gasteiger partial charge in [-0.1, -0.05) is 6.92 Å². The van der Waals surface area contributed by atoms with Gasteiger partial charge in [0.2, 0.25) is 0 Å². The smallest absolute Gasteiger partial charge is 0.162 e. The van der Waals surface area contributed by atoms with Gasteiger partial charge < -0.3 is 10.8 Å². The largest absolute Gasteiger partial charge is 0.389 e. The molecule has 48 valence electrons. The number of Topliss-reactive ketones (excluding diaryl/α,β-unsaturated/α-hetero) is 1. The Bertz CT molecular complexity index is 82.5. The zero-order chi connectivity index (χ0) is 6.57. The molecule has 0 spiro atoms. The number of rotatable bonds is 3. The van der Waals surface area contributed by atoms with Crippen LogP contribution in [0.5, 0.6) is 0 Å². The van der Waals surface area contributed by atoms with Gasteiger partial charge in [-0.05, 0) is 0 Å². The summed E-state index contributed by atoms with van der Waals surface area (Å²) in [6, 6.07) is 0. The number of ketones is 1. The van der Waals surface area contributed by atoms with E-state index in [0.717, 1.165) is 0 Å². The first-order valence-electron chi connectivity index (χ1n) is 2.56. The Kier molecular flexibility index (Phi) is 3.39. The van der Waals surface area contributed by atoms with Gasteiger partial charge in [0.25, 0.3) is 0 Å². The van der Waals surface area contributed by atoms with E-state index in [4.69, 9.17) is 10.8 Å². The molecule has 0 radical (unpaired) electrons. The molecule has 0 aromatic carbocycles. The summed E-state index contributed by atoms with van der Waals surface area (Å²) in [6.07, 6.45) is 0. The van der Waals surface area contributed by atoms with Crippen molar-refractivity contribution in [2.45, 2.75) is 6.92 Å². The summed E-state index contributed by atoms with van der Waals surface area (Å²) < 4.78 is 0. The number of hydrogen-bond donors (Lipinski definition) is 2. The zero-order valence-electron chi connectivity index (χ0n) is 4.92. The van der Waals surface area contributed by atoms with Gasteiger partial charge >= 0.3 is 0 Å². The first kappa shape index (κ1) is 7.59. The second-order valence-corrected chi connectivity index (χ2v) is 1.76. The summed E-state index contributed by atoms with van der Waals surface area (Å²) in [5.74, 6) is -0.382. The molecule has 0 aliphatic rings. The Morgan fingerprint density at radius 2 is 2.38 bits per heavy atom. The molecule has 0 aromatic heterocycles. The van der Waals surface area contributed by atoms with Crippen LogP contribution in [0, 0.1) is 5.92 Å². The maximum atomic E-state index is 10.4. The molecular formula is C5H11NO2. The fourth-order valence-electron chi connectivity index (χ4n) is 0.287. The van der Waals surface area contributed by atoms with E-state index < -0.39 is 6.61 Å². The van der Waals surface area contributed by atoms with Gasteiger partial charge in [0.15, 0.2) is 5.78 Å². The van der Waals surface area contributed by atoms with Crippen molar-refractivity contribution in [2.24, 2.45) is 11.7 Å². The van der Waals surface area contributed by atoms with E-state index in [1.165, 1.54) is 0 Å². The van der Waals surface area contributed by atoms with Crippen molar-refractivity contribution in [1.29, 1.82) is 0 Å². The molecule has 0 heterocycles. The third kappa shape index (κ3) is 2.04. The monoisotopic (exact) mass is 117 g/mol. The highest BCUT2D eigenvalue weighted by atomic mass is 16.3. The number of aliphatic hydroxyl groups is 1. The number of nitrogens with two attached hydrogens (primary N) is 1. The molecule has 0 saturated carbocycles. The van der Waals surface area contributed by atoms with Crippen LogP contribution < -0.4 is 5.73 Å². The van der Waals surface area contributed by atoms with Crippen molar-refractivity contribution in [3.63, 3.8) is 0 Å². The molecule has 3 N–H and O–H groups in total. The Balaban J connectivity index is 3.46. The van der Waals surface area contributed by atoms with Crippen LogP contribution in [-0.4, -0.2) is 24.0 Å². The van der Waals surface area contributed by atoms with E-state index in [-0.39, 0.29) is 11.7 Å². The molecule has 0 fully saturated rings. The predicted molar refractivity (Wildman–Crippen MR) is 30.3 cm³/mol. The fourth-order valence-corrected chi connectivity index (χ4v) is 0.287. The molecule has 1 unspecified atom stereocenters. The average Bonchev–Trinajstić information content (AvgIpc) is 1.84. The Hall–Kier alpha value is -0.410. The van der Waals surface area contributed by atoms with Gasteiger partial charge in [-0.15, -0.1) is 0 Å². The summed E-state index contributed by atoms with van der Waals surface area (Å²) in [5.41, 5.74) is 5.12. The zero-order valence-corrected chi connectivity index (χ0v) is 4.92. The summed E-state index contributed by atoms with van der Waals surface area (Å²) in [4.78, 5) is 10.4. The molecule has 3 nitrogen and oxygen atoms in total. The van der Waals surface area contributed by atoms with Crippen LogP contribution in [-0.2, 0) is 4.79 Å². The van der Waals surface area contributed by atoms with E-state index in [0.29, 0.717) is 6.54 Å². The molecule has 1 atom stereocenters. The lowest BCUT2D eigenvalue weighted by Crippen LogP contribution is -2.22. The first-order chi connectivity index (χ1) is 3.72. The molecular weight excluding hydrogens is 106 g/mol. The minimum absolute atomic E-state index is 0.187. The lowest BCUT2D eigenvalue weighted by Gasteiger charge is -2.01. The fraction of sp³-hybridized carbons (Fsp3) is 0.800. The maximum absolute atomic E-state index is 10.4. The lowest BCUT2D eigenvalue weighted by atomic mass is 10.1. The van der Waals surface area contributed by atoms with E-state index in [2.05, 4.69) is 0 Å². The van der Waals surface area contributed by atoms with Crippen LogP contribution >= 0.6 is 0 Å². The molecule has 8 heavy (non-hydrogen) atoms. The van der Waals surface area contributed by atoms with Gasteiger partial charge in [-0.25, -0.2) is 0 Å². The minimum atomic E-state index is -0.391. The molecule has 0 aliphatic heterocycles. The lowest BCUT2D eigenvalue weighted by molar-refractivity contribution is -0.124. The summed E-state index contributed by atoms with van der Waals surface area (Å²) in [5, 5.41) is 8.23. The topological polar surface area (TPSA) is 63.3 Å². The highest BCUT2D eigenvalue weighted by molar-refractivity contribution is 5.81. The van der Waals surface area contributed by atoms with Crippen molar-refractivity contribution in [2.75, 3.05) is 13.2 Å². The standard InChI is InChI=1S/C5H11NO2/c1-4(2-6)5(8)3-7/h4,7H,2-3,6H2,1H3. The maximum Gasteiger partial charge on any atom is 0.162 e. The van der Waals surface area contributed by atoms with Gasteiger partial charge in [0.1, 0.15) is 6.61 Å². The van der Waals surface area contributed by atoms with E-state index in [1.807, 2.05) is 0 Å². The average molecular weight is 117 g/mol. The number of aliphatic hydroxyl groups excluding tert-OH is 1. The van der Waals surface area contributed by atoms with E-state index in [9.17, 15) is 4.79 Å². The van der Waals surface area contributed by atoms with Crippen molar-refractivity contribution in [1.82, 2.24) is 0 Å². The molecule has 3 heteroatoms. The summed E-state index contributed by atoms with van der Waals surface area (Å²) in [6.45, 7) is 1.62. The molecule has 0 aliphatic carbocycles. The van der Waals surface area contributed by atoms with Crippen LogP contribution in [0.2, 0.25) is 0 Å². The van der Waals surface area contributed by atoms with Gasteiger partial charge in [0, 0.05) is 12.5 Å². The van der Waals surface area contributed by atoms with E-state index in [1.54, 1.807) is 6.92 Å². The predicted octanol–water partition coefficient (Wildman–Crippen LogP) is -0.857. The van der Waals surface area contributed by atoms with Crippen molar-refractivity contribution in [3.05, 3.63) is 0 Å². The minimum Gasteiger partial charge on any atom is -0.389 e. The van der Waals surface area contributed by atoms with Crippen molar-refractivity contribution in [3.8, 4) is 0 Å². The van der Waals surface area contributed by atoms with Crippen LogP contribution in [0.3, 0.4) is 0 Å². The molecule has 0 saturated heterocycles. The van der Waals surface area contributed by atoms with Crippen LogP contribution in [0.1, 0.15) is 6.92 Å². The van der Waals surface area contributed by atoms with Crippen LogP contribution in [0.4, 0.5) is 0 Å². The summed E-state index contributed by atoms with van der Waals surface area (Å²) in [7, 11) is 0.